The molecule has 1 aliphatic rings. The number of benzene rings is 1. The molecule has 0 unspecified atom stereocenters. The number of carbonyl (C=O) groups excluding carboxylic acids is 1. The Morgan fingerprint density at radius 2 is 2.00 bits per heavy atom. The maximum atomic E-state index is 12.3. The first-order valence-electron chi connectivity index (χ1n) is 9.34. The number of H-pyrrole nitrogens is 1. The number of para-hydroxylation sites is 1. The second kappa shape index (κ2) is 8.18. The molecule has 3 heterocycles. The molecule has 2 aromatic heterocycles. The number of hydrogen-bond donors (Lipinski definition) is 2. The van der Waals surface area contributed by atoms with Gasteiger partial charge in [-0.05, 0) is 18.1 Å². The fourth-order valence-electron chi connectivity index (χ4n) is 3.52. The highest BCUT2D eigenvalue weighted by Crippen LogP contribution is 2.17. The van der Waals surface area contributed by atoms with Gasteiger partial charge in [-0.15, -0.1) is 0 Å². The third-order valence-corrected chi connectivity index (χ3v) is 5.00. The fraction of sp³-hybridized carbons (Fsp3) is 0.350. The quantitative estimate of drug-likeness (QED) is 0.692. The van der Waals surface area contributed by atoms with E-state index in [4.69, 9.17) is 0 Å². The second-order valence-corrected chi connectivity index (χ2v) is 6.79. The summed E-state index contributed by atoms with van der Waals surface area (Å²) in [7, 11) is 0. The number of hydrogen-bond acceptors (Lipinski definition) is 5. The Labute approximate surface area is 158 Å². The molecule has 1 amide bonds. The topological polar surface area (TPSA) is 77.2 Å². The average molecular weight is 364 g/mol. The Balaban J connectivity index is 1.20. The Kier molecular flexibility index (Phi) is 5.29. The van der Waals surface area contributed by atoms with E-state index in [0.29, 0.717) is 13.1 Å². The summed E-state index contributed by atoms with van der Waals surface area (Å²) in [6.45, 7) is 4.53. The van der Waals surface area contributed by atoms with E-state index in [2.05, 4.69) is 42.2 Å². The molecular weight excluding hydrogens is 340 g/mol. The molecule has 0 aliphatic carbocycles. The maximum Gasteiger partial charge on any atom is 0.234 e. The van der Waals surface area contributed by atoms with Crippen molar-refractivity contribution in [3.63, 3.8) is 0 Å². The number of nitrogens with one attached hydrogen (secondary N) is 2. The molecule has 4 rings (SSSR count). The van der Waals surface area contributed by atoms with Crippen molar-refractivity contribution >= 4 is 22.6 Å². The minimum atomic E-state index is 0.0859. The van der Waals surface area contributed by atoms with Gasteiger partial charge in [0, 0.05) is 62.2 Å². The molecule has 27 heavy (non-hydrogen) atoms. The van der Waals surface area contributed by atoms with Crippen molar-refractivity contribution in [3.05, 3.63) is 54.6 Å². The first-order valence-corrected chi connectivity index (χ1v) is 9.34. The van der Waals surface area contributed by atoms with Crippen LogP contribution in [0.3, 0.4) is 0 Å². The number of carbonyl (C=O) groups is 1. The first kappa shape index (κ1) is 17.5. The molecule has 0 bridgehead atoms. The lowest BCUT2D eigenvalue weighted by Gasteiger charge is -2.34. The smallest absolute Gasteiger partial charge is 0.234 e. The van der Waals surface area contributed by atoms with E-state index in [0.717, 1.165) is 43.9 Å². The zero-order valence-corrected chi connectivity index (χ0v) is 15.3. The van der Waals surface area contributed by atoms with Gasteiger partial charge >= 0.3 is 0 Å². The average Bonchev–Trinajstić information content (AvgIpc) is 3.12. The zero-order valence-electron chi connectivity index (χ0n) is 15.3. The van der Waals surface area contributed by atoms with E-state index < -0.39 is 0 Å². The lowest BCUT2D eigenvalue weighted by molar-refractivity contribution is -0.122. The van der Waals surface area contributed by atoms with Gasteiger partial charge in [0.2, 0.25) is 5.91 Å². The van der Waals surface area contributed by atoms with Crippen LogP contribution in [0.25, 0.3) is 10.9 Å². The molecule has 7 nitrogen and oxygen atoms in total. The minimum Gasteiger partial charge on any atom is -0.361 e. The Bertz CT molecular complexity index is 886. The van der Waals surface area contributed by atoms with Gasteiger partial charge in [-0.1, -0.05) is 18.2 Å². The summed E-state index contributed by atoms with van der Waals surface area (Å²) in [4.78, 5) is 28.4. The standard InChI is InChI=1S/C20H24N6O/c27-20(23-6-5-16-13-24-18-4-2-1-3-17(16)18)15-25-9-11-26(12-10-25)19-14-21-7-8-22-19/h1-4,7-8,13-14,24H,5-6,9-12,15H2,(H,23,27). The van der Waals surface area contributed by atoms with Gasteiger partial charge in [0.05, 0.1) is 12.7 Å². The Morgan fingerprint density at radius 3 is 2.81 bits per heavy atom. The van der Waals surface area contributed by atoms with E-state index in [9.17, 15) is 4.79 Å². The Hall–Kier alpha value is -2.93. The van der Waals surface area contributed by atoms with E-state index in [1.54, 1.807) is 18.6 Å². The lowest BCUT2D eigenvalue weighted by atomic mass is 10.1. The first-order chi connectivity index (χ1) is 13.3. The van der Waals surface area contributed by atoms with Crippen molar-refractivity contribution < 1.29 is 4.79 Å². The van der Waals surface area contributed by atoms with Crippen molar-refractivity contribution in [2.24, 2.45) is 0 Å². The monoisotopic (exact) mass is 364 g/mol. The molecule has 1 aromatic carbocycles. The van der Waals surface area contributed by atoms with E-state index in [1.165, 1.54) is 10.9 Å². The van der Waals surface area contributed by atoms with Gasteiger partial charge < -0.3 is 15.2 Å². The summed E-state index contributed by atoms with van der Waals surface area (Å²) in [6.07, 6.45) is 8.04. The van der Waals surface area contributed by atoms with E-state index in [1.807, 2.05) is 18.3 Å². The van der Waals surface area contributed by atoms with Crippen molar-refractivity contribution in [2.75, 3.05) is 44.2 Å². The van der Waals surface area contributed by atoms with E-state index >= 15 is 0 Å². The minimum absolute atomic E-state index is 0.0859. The SMILES string of the molecule is O=C(CN1CCN(c2cnccn2)CC1)NCCc1c[nH]c2ccccc12. The van der Waals surface area contributed by atoms with Crippen LogP contribution < -0.4 is 10.2 Å². The van der Waals surface area contributed by atoms with Crippen LogP contribution >= 0.6 is 0 Å². The van der Waals surface area contributed by atoms with E-state index in [-0.39, 0.29) is 5.91 Å². The number of amides is 1. The molecule has 7 heteroatoms. The Morgan fingerprint density at radius 1 is 1.15 bits per heavy atom. The molecule has 2 N–H and O–H groups in total. The summed E-state index contributed by atoms with van der Waals surface area (Å²) >= 11 is 0. The number of aromatic nitrogens is 3. The van der Waals surface area contributed by atoms with Crippen molar-refractivity contribution in [2.45, 2.75) is 6.42 Å². The number of rotatable bonds is 6. The van der Waals surface area contributed by atoms with Gasteiger partial charge in [0.25, 0.3) is 0 Å². The molecule has 0 radical (unpaired) electrons. The number of aromatic amines is 1. The van der Waals surface area contributed by atoms with Crippen molar-refractivity contribution in [1.29, 1.82) is 0 Å². The third kappa shape index (κ3) is 4.25. The zero-order chi connectivity index (χ0) is 18.5. The van der Waals surface area contributed by atoms with Gasteiger partial charge in [-0.2, -0.15) is 0 Å². The molecule has 0 atom stereocenters. The highest BCUT2D eigenvalue weighted by atomic mass is 16.2. The van der Waals surface area contributed by atoms with Crippen LogP contribution in [-0.4, -0.2) is 65.0 Å². The summed E-state index contributed by atoms with van der Waals surface area (Å²) in [5, 5.41) is 4.27. The summed E-state index contributed by atoms with van der Waals surface area (Å²) in [5.74, 6) is 0.989. The molecule has 1 aliphatic heterocycles. The van der Waals surface area contributed by atoms with Gasteiger partial charge in [-0.25, -0.2) is 4.98 Å². The highest BCUT2D eigenvalue weighted by Gasteiger charge is 2.19. The van der Waals surface area contributed by atoms with Crippen LogP contribution in [0, 0.1) is 0 Å². The summed E-state index contributed by atoms with van der Waals surface area (Å²) < 4.78 is 0. The number of nitrogens with zero attached hydrogens (tertiary/aromatic N) is 4. The number of anilines is 1. The normalized spacial score (nSPS) is 15.2. The summed E-state index contributed by atoms with van der Waals surface area (Å²) in [6, 6.07) is 8.24. The van der Waals surface area contributed by atoms with Gasteiger partial charge in [0.1, 0.15) is 5.82 Å². The van der Waals surface area contributed by atoms with Crippen molar-refractivity contribution in [3.8, 4) is 0 Å². The maximum absolute atomic E-state index is 12.3. The highest BCUT2D eigenvalue weighted by molar-refractivity contribution is 5.83. The molecule has 0 spiro atoms. The van der Waals surface area contributed by atoms with Crippen LogP contribution in [0.2, 0.25) is 0 Å². The molecule has 1 fully saturated rings. The predicted octanol–water partition coefficient (Wildman–Crippen LogP) is 1.44. The van der Waals surface area contributed by atoms with Crippen LogP contribution in [0.1, 0.15) is 5.56 Å². The van der Waals surface area contributed by atoms with Crippen molar-refractivity contribution in [1.82, 2.24) is 25.2 Å². The van der Waals surface area contributed by atoms with Crippen LogP contribution in [-0.2, 0) is 11.2 Å². The largest absolute Gasteiger partial charge is 0.361 e. The molecule has 3 aromatic rings. The second-order valence-electron chi connectivity index (χ2n) is 6.79. The third-order valence-electron chi connectivity index (χ3n) is 5.00. The molecule has 1 saturated heterocycles. The molecular formula is C20H24N6O. The number of fused-ring (bicyclic) bond motifs is 1. The fourth-order valence-corrected chi connectivity index (χ4v) is 3.52. The van der Waals surface area contributed by atoms with Crippen LogP contribution in [0.5, 0.6) is 0 Å². The van der Waals surface area contributed by atoms with Crippen LogP contribution in [0.15, 0.2) is 49.1 Å². The molecule has 0 saturated carbocycles. The molecule has 140 valence electrons. The predicted molar refractivity (Wildman–Crippen MR) is 106 cm³/mol. The number of piperazine rings is 1. The lowest BCUT2D eigenvalue weighted by Crippen LogP contribution is -2.49. The van der Waals surface area contributed by atoms with Gasteiger partial charge in [-0.3, -0.25) is 14.7 Å². The van der Waals surface area contributed by atoms with Crippen LogP contribution in [0.4, 0.5) is 5.82 Å². The van der Waals surface area contributed by atoms with Gasteiger partial charge in [0.15, 0.2) is 0 Å². The summed E-state index contributed by atoms with van der Waals surface area (Å²) in [5.41, 5.74) is 2.38.